The second-order valence-corrected chi connectivity index (χ2v) is 2.33. The van der Waals surface area contributed by atoms with Gasteiger partial charge in [0.15, 0.2) is 6.33 Å². The van der Waals surface area contributed by atoms with Gasteiger partial charge in [-0.05, 0) is 12.1 Å². The van der Waals surface area contributed by atoms with Crippen molar-refractivity contribution in [2.75, 3.05) is 7.11 Å². The molecule has 66 valence electrons. The molecule has 5 heteroatoms. The van der Waals surface area contributed by atoms with E-state index in [1.807, 2.05) is 0 Å². The molecule has 13 heavy (non-hydrogen) atoms. The molecule has 0 fully saturated rings. The number of ether oxygens (including phenoxy) is 1. The van der Waals surface area contributed by atoms with Gasteiger partial charge in [-0.1, -0.05) is 5.16 Å². The summed E-state index contributed by atoms with van der Waals surface area (Å²) in [5.74, 6) is 1.10. The molecule has 5 nitrogen and oxygen atoms in total. The lowest BCUT2D eigenvalue weighted by atomic mass is 10.3. The van der Waals surface area contributed by atoms with Gasteiger partial charge in [0, 0.05) is 0 Å². The van der Waals surface area contributed by atoms with Crippen LogP contribution >= 0.6 is 0 Å². The zero-order valence-electron chi connectivity index (χ0n) is 6.97. The maximum atomic E-state index is 4.96. The van der Waals surface area contributed by atoms with E-state index in [9.17, 15) is 0 Å². The molecule has 0 aliphatic rings. The van der Waals surface area contributed by atoms with Gasteiger partial charge in [0.2, 0.25) is 0 Å². The summed E-state index contributed by atoms with van der Waals surface area (Å²) in [6, 6.07) is 3.54. The smallest absolute Gasteiger partial charge is 0.276 e. The van der Waals surface area contributed by atoms with E-state index >= 15 is 0 Å². The molecular formula is C8H7N3O2. The van der Waals surface area contributed by atoms with E-state index in [-0.39, 0.29) is 0 Å². The third-order valence-corrected chi connectivity index (χ3v) is 1.55. The Morgan fingerprint density at radius 3 is 2.77 bits per heavy atom. The number of hydrogen-bond donors (Lipinski definition) is 0. The summed E-state index contributed by atoms with van der Waals surface area (Å²) in [5.41, 5.74) is 0.637. The van der Waals surface area contributed by atoms with Crippen molar-refractivity contribution in [1.82, 2.24) is 15.1 Å². The lowest BCUT2D eigenvalue weighted by Crippen LogP contribution is -1.86. The fraction of sp³-hybridized carbons (Fsp3) is 0.125. The lowest BCUT2D eigenvalue weighted by molar-refractivity contribution is 0.412. The average molecular weight is 177 g/mol. The summed E-state index contributed by atoms with van der Waals surface area (Å²) >= 11 is 0. The molecule has 0 N–H and O–H groups in total. The molecule has 2 rings (SSSR count). The number of pyridine rings is 1. The molecule has 0 amide bonds. The molecule has 0 saturated heterocycles. The molecule has 0 spiro atoms. The minimum absolute atomic E-state index is 0.405. The van der Waals surface area contributed by atoms with Gasteiger partial charge in [-0.2, -0.15) is 4.98 Å². The van der Waals surface area contributed by atoms with Gasteiger partial charge in [0.25, 0.3) is 5.89 Å². The number of hydrogen-bond acceptors (Lipinski definition) is 5. The van der Waals surface area contributed by atoms with Crippen LogP contribution < -0.4 is 4.74 Å². The van der Waals surface area contributed by atoms with Crippen molar-refractivity contribution >= 4 is 0 Å². The topological polar surface area (TPSA) is 61.0 Å². The van der Waals surface area contributed by atoms with Crippen LogP contribution in [0.15, 0.2) is 29.2 Å². The van der Waals surface area contributed by atoms with Gasteiger partial charge >= 0.3 is 0 Å². The van der Waals surface area contributed by atoms with Crippen molar-refractivity contribution in [3.8, 4) is 17.3 Å². The van der Waals surface area contributed by atoms with Crippen molar-refractivity contribution < 1.29 is 9.26 Å². The Morgan fingerprint density at radius 2 is 2.23 bits per heavy atom. The summed E-state index contributed by atoms with van der Waals surface area (Å²) in [7, 11) is 1.59. The summed E-state index contributed by atoms with van der Waals surface area (Å²) in [5, 5.41) is 3.48. The van der Waals surface area contributed by atoms with Crippen LogP contribution in [0.4, 0.5) is 0 Å². The minimum Gasteiger partial charge on any atom is -0.495 e. The van der Waals surface area contributed by atoms with Gasteiger partial charge in [0.1, 0.15) is 11.4 Å². The Hall–Kier alpha value is -1.91. The Bertz CT molecular complexity index is 369. The van der Waals surface area contributed by atoms with E-state index in [1.165, 1.54) is 6.33 Å². The molecule has 2 aromatic rings. The van der Waals surface area contributed by atoms with Crippen LogP contribution in [0, 0.1) is 0 Å². The quantitative estimate of drug-likeness (QED) is 0.688. The zero-order valence-corrected chi connectivity index (χ0v) is 6.97. The molecule has 0 atom stereocenters. The maximum absolute atomic E-state index is 4.96. The van der Waals surface area contributed by atoms with Crippen LogP contribution in [0.3, 0.4) is 0 Å². The van der Waals surface area contributed by atoms with Gasteiger partial charge in [-0.25, -0.2) is 4.98 Å². The first-order valence-electron chi connectivity index (χ1n) is 3.67. The SMILES string of the molecule is COc1ccc(-c2ncno2)nc1. The first-order valence-corrected chi connectivity index (χ1v) is 3.67. The molecule has 2 heterocycles. The van der Waals surface area contributed by atoms with E-state index in [4.69, 9.17) is 9.26 Å². The highest BCUT2D eigenvalue weighted by molar-refractivity contribution is 5.46. The summed E-state index contributed by atoms with van der Waals surface area (Å²) < 4.78 is 9.79. The fourth-order valence-corrected chi connectivity index (χ4v) is 0.914. The summed E-state index contributed by atoms with van der Waals surface area (Å²) in [4.78, 5) is 7.93. The molecule has 0 aliphatic carbocycles. The minimum atomic E-state index is 0.405. The molecule has 2 aromatic heterocycles. The van der Waals surface area contributed by atoms with Crippen LogP contribution in [-0.2, 0) is 0 Å². The van der Waals surface area contributed by atoms with E-state index in [0.717, 1.165) is 0 Å². The van der Waals surface area contributed by atoms with Gasteiger partial charge in [-0.3, -0.25) is 0 Å². The van der Waals surface area contributed by atoms with E-state index < -0.39 is 0 Å². The summed E-state index contributed by atoms with van der Waals surface area (Å²) in [6.07, 6.45) is 2.93. The van der Waals surface area contributed by atoms with E-state index in [0.29, 0.717) is 17.3 Å². The number of nitrogens with zero attached hydrogens (tertiary/aromatic N) is 3. The van der Waals surface area contributed by atoms with Gasteiger partial charge in [-0.15, -0.1) is 0 Å². The zero-order chi connectivity index (χ0) is 9.10. The number of methoxy groups -OCH3 is 1. The van der Waals surface area contributed by atoms with Crippen LogP contribution in [0.1, 0.15) is 0 Å². The molecule has 0 radical (unpaired) electrons. The third-order valence-electron chi connectivity index (χ3n) is 1.55. The van der Waals surface area contributed by atoms with E-state index in [2.05, 4.69) is 15.1 Å². The van der Waals surface area contributed by atoms with Gasteiger partial charge in [0.05, 0.1) is 13.3 Å². The second kappa shape index (κ2) is 3.22. The molecule has 0 saturated carbocycles. The predicted octanol–water partition coefficient (Wildman–Crippen LogP) is 1.14. The standard InChI is InChI=1S/C8H7N3O2/c1-12-6-2-3-7(9-4-6)8-10-5-11-13-8/h2-5H,1H3. The van der Waals surface area contributed by atoms with Crippen molar-refractivity contribution in [1.29, 1.82) is 0 Å². The van der Waals surface area contributed by atoms with Crippen LogP contribution in [0.2, 0.25) is 0 Å². The Labute approximate surface area is 74.4 Å². The third kappa shape index (κ3) is 1.48. The maximum Gasteiger partial charge on any atom is 0.276 e. The van der Waals surface area contributed by atoms with Crippen molar-refractivity contribution in [3.63, 3.8) is 0 Å². The van der Waals surface area contributed by atoms with Crippen molar-refractivity contribution in [2.45, 2.75) is 0 Å². The molecule has 0 unspecified atom stereocenters. The Morgan fingerprint density at radius 1 is 1.31 bits per heavy atom. The van der Waals surface area contributed by atoms with Crippen molar-refractivity contribution in [2.24, 2.45) is 0 Å². The fourth-order valence-electron chi connectivity index (χ4n) is 0.914. The van der Waals surface area contributed by atoms with Crippen LogP contribution in [0.5, 0.6) is 5.75 Å². The molecule has 0 aromatic carbocycles. The Balaban J connectivity index is 2.33. The van der Waals surface area contributed by atoms with Gasteiger partial charge < -0.3 is 9.26 Å². The largest absolute Gasteiger partial charge is 0.495 e. The first kappa shape index (κ1) is 7.72. The Kier molecular flexibility index (Phi) is 1.91. The molecule has 0 bridgehead atoms. The number of rotatable bonds is 2. The normalized spacial score (nSPS) is 9.92. The highest BCUT2D eigenvalue weighted by Crippen LogP contribution is 2.15. The van der Waals surface area contributed by atoms with Crippen LogP contribution in [-0.4, -0.2) is 22.2 Å². The highest BCUT2D eigenvalue weighted by atomic mass is 16.5. The van der Waals surface area contributed by atoms with Crippen LogP contribution in [0.25, 0.3) is 11.6 Å². The van der Waals surface area contributed by atoms with Crippen molar-refractivity contribution in [3.05, 3.63) is 24.7 Å². The summed E-state index contributed by atoms with van der Waals surface area (Å²) in [6.45, 7) is 0. The second-order valence-electron chi connectivity index (χ2n) is 2.33. The monoisotopic (exact) mass is 177 g/mol. The molecule has 0 aliphatic heterocycles. The predicted molar refractivity (Wildman–Crippen MR) is 44.1 cm³/mol. The van der Waals surface area contributed by atoms with E-state index in [1.54, 1.807) is 25.4 Å². The highest BCUT2D eigenvalue weighted by Gasteiger charge is 2.04. The lowest BCUT2D eigenvalue weighted by Gasteiger charge is -1.97. The number of aromatic nitrogens is 3. The molecular weight excluding hydrogens is 170 g/mol. The average Bonchev–Trinajstić information content (AvgIpc) is 2.71. The first-order chi connectivity index (χ1) is 6.40.